The molecule has 0 bridgehead atoms. The topological polar surface area (TPSA) is 46.9 Å². The molecule has 3 aromatic rings. The van der Waals surface area contributed by atoms with Crippen LogP contribution < -0.4 is 10.9 Å². The maximum Gasteiger partial charge on any atom is 0.297 e. The third kappa shape index (κ3) is 3.74. The first kappa shape index (κ1) is 16.5. The Morgan fingerprint density at radius 2 is 1.83 bits per heavy atom. The quantitative estimate of drug-likeness (QED) is 0.717. The van der Waals surface area contributed by atoms with Crippen LogP contribution >= 0.6 is 15.9 Å². The molecule has 1 aromatic heterocycles. The van der Waals surface area contributed by atoms with Crippen LogP contribution in [-0.2, 0) is 0 Å². The van der Waals surface area contributed by atoms with Crippen LogP contribution in [0.5, 0.6) is 0 Å². The summed E-state index contributed by atoms with van der Waals surface area (Å²) in [6.07, 6.45) is 3.32. The van der Waals surface area contributed by atoms with E-state index in [1.54, 1.807) is 17.0 Å². The van der Waals surface area contributed by atoms with Crippen molar-refractivity contribution in [2.45, 2.75) is 12.8 Å². The summed E-state index contributed by atoms with van der Waals surface area (Å²) in [6, 6.07) is 17.8. The third-order valence-electron chi connectivity index (χ3n) is 3.89. The summed E-state index contributed by atoms with van der Waals surface area (Å²) >= 11 is 3.40. The minimum Gasteiger partial charge on any atom is -0.365 e. The van der Waals surface area contributed by atoms with Crippen LogP contribution in [0.4, 0.5) is 5.82 Å². The number of nitrogens with zero attached hydrogens (tertiary/aromatic N) is 2. The predicted molar refractivity (Wildman–Crippen MR) is 101 cm³/mol. The Kier molecular flexibility index (Phi) is 5.11. The summed E-state index contributed by atoms with van der Waals surface area (Å²) in [5.74, 6) is 0.650. The van der Waals surface area contributed by atoms with Gasteiger partial charge in [-0.2, -0.15) is 0 Å². The molecule has 1 heterocycles. The lowest BCUT2D eigenvalue weighted by atomic mass is 10.0. The zero-order valence-electron chi connectivity index (χ0n) is 13.3. The second kappa shape index (κ2) is 7.45. The van der Waals surface area contributed by atoms with E-state index in [4.69, 9.17) is 0 Å². The number of aromatic nitrogens is 2. The summed E-state index contributed by atoms with van der Waals surface area (Å²) in [5, 5.41) is 3.18. The molecule has 0 radical (unpaired) electrons. The zero-order chi connectivity index (χ0) is 16.9. The van der Waals surface area contributed by atoms with Crippen LogP contribution in [-0.4, -0.2) is 16.1 Å². The van der Waals surface area contributed by atoms with Crippen LogP contribution in [0.15, 0.2) is 76.3 Å². The molecule has 0 aliphatic rings. The molecule has 0 saturated heterocycles. The van der Waals surface area contributed by atoms with E-state index >= 15 is 0 Å². The van der Waals surface area contributed by atoms with Gasteiger partial charge in [0.25, 0.3) is 5.56 Å². The summed E-state index contributed by atoms with van der Waals surface area (Å²) in [4.78, 5) is 16.8. The zero-order valence-corrected chi connectivity index (χ0v) is 14.9. The van der Waals surface area contributed by atoms with E-state index in [1.165, 1.54) is 5.56 Å². The minimum absolute atomic E-state index is 0.153. The number of nitrogens with one attached hydrogen (secondary N) is 1. The van der Waals surface area contributed by atoms with Crippen molar-refractivity contribution in [3.05, 3.63) is 87.4 Å². The van der Waals surface area contributed by atoms with E-state index in [2.05, 4.69) is 45.3 Å². The highest BCUT2D eigenvalue weighted by Crippen LogP contribution is 2.15. The molecule has 1 N–H and O–H groups in total. The highest BCUT2D eigenvalue weighted by molar-refractivity contribution is 9.10. The highest BCUT2D eigenvalue weighted by atomic mass is 79.9. The van der Waals surface area contributed by atoms with E-state index in [-0.39, 0.29) is 11.5 Å². The predicted octanol–water partition coefficient (Wildman–Crippen LogP) is 4.21. The monoisotopic (exact) mass is 383 g/mol. The fraction of sp³-hybridized carbons (Fsp3) is 0.158. The van der Waals surface area contributed by atoms with Gasteiger partial charge in [-0.25, -0.2) is 4.98 Å². The summed E-state index contributed by atoms with van der Waals surface area (Å²) < 4.78 is 2.57. The molecule has 1 atom stereocenters. The molecular weight excluding hydrogens is 366 g/mol. The fourth-order valence-corrected chi connectivity index (χ4v) is 2.75. The van der Waals surface area contributed by atoms with Crippen molar-refractivity contribution >= 4 is 21.7 Å². The number of hydrogen-bond donors (Lipinski definition) is 1. The molecule has 0 aliphatic carbocycles. The molecular formula is C19H18BrN3O. The van der Waals surface area contributed by atoms with Crippen LogP contribution in [0, 0.1) is 0 Å². The molecule has 24 heavy (non-hydrogen) atoms. The maximum atomic E-state index is 12.6. The molecule has 2 aromatic carbocycles. The van der Waals surface area contributed by atoms with Crippen molar-refractivity contribution < 1.29 is 0 Å². The van der Waals surface area contributed by atoms with Gasteiger partial charge in [-0.1, -0.05) is 53.2 Å². The Bertz CT molecular complexity index is 860. The molecule has 5 heteroatoms. The largest absolute Gasteiger partial charge is 0.365 e. The fourth-order valence-electron chi connectivity index (χ4n) is 2.49. The van der Waals surface area contributed by atoms with Gasteiger partial charge >= 0.3 is 0 Å². The SMILES string of the molecule is C[C@@H](CNc1nccn(-c2ccc(Br)cc2)c1=O)c1ccccc1. The Labute approximate surface area is 149 Å². The number of anilines is 1. The van der Waals surface area contributed by atoms with Gasteiger partial charge in [-0.3, -0.25) is 9.36 Å². The van der Waals surface area contributed by atoms with Crippen LogP contribution in [0.2, 0.25) is 0 Å². The van der Waals surface area contributed by atoms with Gasteiger partial charge in [0.05, 0.1) is 0 Å². The molecule has 122 valence electrons. The first-order valence-electron chi connectivity index (χ1n) is 7.77. The van der Waals surface area contributed by atoms with Gasteiger partial charge in [0.2, 0.25) is 0 Å². The van der Waals surface area contributed by atoms with Gasteiger partial charge in [-0.05, 0) is 35.7 Å². The number of rotatable bonds is 5. The Balaban J connectivity index is 1.79. The molecule has 0 fully saturated rings. The third-order valence-corrected chi connectivity index (χ3v) is 4.42. The smallest absolute Gasteiger partial charge is 0.297 e. The van der Waals surface area contributed by atoms with E-state index in [1.807, 2.05) is 42.5 Å². The average molecular weight is 384 g/mol. The van der Waals surface area contributed by atoms with Crippen molar-refractivity contribution in [1.82, 2.24) is 9.55 Å². The van der Waals surface area contributed by atoms with Crippen LogP contribution in [0.3, 0.4) is 0 Å². The van der Waals surface area contributed by atoms with Gasteiger partial charge < -0.3 is 5.32 Å². The lowest BCUT2D eigenvalue weighted by Crippen LogP contribution is -2.24. The van der Waals surface area contributed by atoms with Crippen molar-refractivity contribution in [3.8, 4) is 5.69 Å². The number of benzene rings is 2. The second-order valence-electron chi connectivity index (χ2n) is 5.62. The van der Waals surface area contributed by atoms with Gasteiger partial charge in [0, 0.05) is 29.1 Å². The molecule has 3 rings (SSSR count). The molecule has 0 aliphatic heterocycles. The van der Waals surface area contributed by atoms with Crippen molar-refractivity contribution in [3.63, 3.8) is 0 Å². The maximum absolute atomic E-state index is 12.6. The van der Waals surface area contributed by atoms with E-state index in [0.29, 0.717) is 12.4 Å². The normalized spacial score (nSPS) is 11.9. The number of halogens is 1. The second-order valence-corrected chi connectivity index (χ2v) is 6.54. The molecule has 4 nitrogen and oxygen atoms in total. The minimum atomic E-state index is -0.153. The van der Waals surface area contributed by atoms with Crippen molar-refractivity contribution in [2.24, 2.45) is 0 Å². The van der Waals surface area contributed by atoms with Crippen molar-refractivity contribution in [1.29, 1.82) is 0 Å². The summed E-state index contributed by atoms with van der Waals surface area (Å²) in [5.41, 5.74) is 1.89. The van der Waals surface area contributed by atoms with E-state index in [9.17, 15) is 4.79 Å². The standard InChI is InChI=1S/C19H18BrN3O/c1-14(15-5-3-2-4-6-15)13-22-18-19(24)23(12-11-21-18)17-9-7-16(20)8-10-17/h2-12,14H,13H2,1H3,(H,21,22)/t14-/m0/s1. The first-order chi connectivity index (χ1) is 11.6. The lowest BCUT2D eigenvalue weighted by Gasteiger charge is -2.14. The highest BCUT2D eigenvalue weighted by Gasteiger charge is 2.09. The molecule has 0 saturated carbocycles. The Morgan fingerprint density at radius 1 is 1.12 bits per heavy atom. The Morgan fingerprint density at radius 3 is 2.54 bits per heavy atom. The summed E-state index contributed by atoms with van der Waals surface area (Å²) in [7, 11) is 0. The van der Waals surface area contributed by atoms with E-state index in [0.717, 1.165) is 10.2 Å². The first-order valence-corrected chi connectivity index (χ1v) is 8.57. The molecule has 0 amide bonds. The molecule has 0 unspecified atom stereocenters. The average Bonchev–Trinajstić information content (AvgIpc) is 2.62. The van der Waals surface area contributed by atoms with E-state index < -0.39 is 0 Å². The van der Waals surface area contributed by atoms with Gasteiger partial charge in [-0.15, -0.1) is 0 Å². The van der Waals surface area contributed by atoms with Crippen molar-refractivity contribution in [2.75, 3.05) is 11.9 Å². The van der Waals surface area contributed by atoms with Gasteiger partial charge in [0.1, 0.15) is 0 Å². The summed E-state index contributed by atoms with van der Waals surface area (Å²) in [6.45, 7) is 2.77. The van der Waals surface area contributed by atoms with Crippen LogP contribution in [0.1, 0.15) is 18.4 Å². The van der Waals surface area contributed by atoms with Crippen LogP contribution in [0.25, 0.3) is 5.69 Å². The molecule has 0 spiro atoms. The Hall–Kier alpha value is -2.40. The number of hydrogen-bond acceptors (Lipinski definition) is 3. The van der Waals surface area contributed by atoms with Gasteiger partial charge in [0.15, 0.2) is 5.82 Å². The lowest BCUT2D eigenvalue weighted by molar-refractivity contribution is 0.796.